The Balaban J connectivity index is 2.10. The van der Waals surface area contributed by atoms with Crippen LogP contribution < -0.4 is 11.1 Å². The van der Waals surface area contributed by atoms with E-state index < -0.39 is 55.1 Å². The molecule has 9 nitrogen and oxygen atoms in total. The van der Waals surface area contributed by atoms with Crippen LogP contribution in [0.5, 0.6) is 0 Å². The molecule has 0 spiro atoms. The van der Waals surface area contributed by atoms with E-state index in [0.29, 0.717) is 0 Å². The van der Waals surface area contributed by atoms with Gasteiger partial charge in [-0.2, -0.15) is 13.2 Å². The predicted octanol–water partition coefficient (Wildman–Crippen LogP) is 2.45. The molecule has 182 valence electrons. The molecule has 2 amide bonds. The fourth-order valence-electron chi connectivity index (χ4n) is 2.60. The second-order valence-electron chi connectivity index (χ2n) is 8.03. The van der Waals surface area contributed by atoms with Crippen molar-refractivity contribution in [3.63, 3.8) is 0 Å². The summed E-state index contributed by atoms with van der Waals surface area (Å²) in [6, 6.07) is -0.850. The zero-order chi connectivity index (χ0) is 24.8. The summed E-state index contributed by atoms with van der Waals surface area (Å²) in [5, 5.41) is 1.57. The number of aromatic nitrogens is 1. The van der Waals surface area contributed by atoms with E-state index in [-0.39, 0.29) is 24.4 Å². The van der Waals surface area contributed by atoms with Crippen molar-refractivity contribution in [1.29, 1.82) is 0 Å². The van der Waals surface area contributed by atoms with Gasteiger partial charge in [0.25, 0.3) is 0 Å². The summed E-state index contributed by atoms with van der Waals surface area (Å²) in [5.74, 6) is 4.51. The first-order chi connectivity index (χ1) is 15.2. The highest BCUT2D eigenvalue weighted by atomic mass is 19.4. The van der Waals surface area contributed by atoms with Gasteiger partial charge in [0, 0.05) is 0 Å². The molecule has 1 aromatic rings. The van der Waals surface area contributed by atoms with Gasteiger partial charge in [0.05, 0.1) is 42.8 Å². The summed E-state index contributed by atoms with van der Waals surface area (Å²) in [7, 11) is 0. The number of nitrogens with zero attached hydrogens (tertiary/aromatic N) is 2. The first-order valence-electron chi connectivity index (χ1n) is 9.74. The van der Waals surface area contributed by atoms with Crippen molar-refractivity contribution in [2.75, 3.05) is 32.0 Å². The number of pyridine rings is 1. The third-order valence-corrected chi connectivity index (χ3v) is 4.05. The number of carbonyl (C=O) groups excluding carboxylic acids is 2. The summed E-state index contributed by atoms with van der Waals surface area (Å²) >= 11 is 0. The average molecular weight is 476 g/mol. The van der Waals surface area contributed by atoms with Gasteiger partial charge in [-0.25, -0.2) is 14.0 Å². The molecule has 1 aliphatic heterocycles. The third-order valence-electron chi connectivity index (χ3n) is 4.05. The van der Waals surface area contributed by atoms with Gasteiger partial charge in [-0.1, -0.05) is 11.8 Å². The van der Waals surface area contributed by atoms with Crippen molar-refractivity contribution in [3.05, 3.63) is 23.8 Å². The van der Waals surface area contributed by atoms with Gasteiger partial charge in [0.2, 0.25) is 0 Å². The molecule has 0 saturated carbocycles. The Bertz CT molecular complexity index is 903. The number of anilines is 1. The maximum Gasteiger partial charge on any atom is 0.410 e. The molecule has 2 rings (SSSR count). The predicted molar refractivity (Wildman–Crippen MR) is 107 cm³/mol. The monoisotopic (exact) mass is 476 g/mol. The van der Waals surface area contributed by atoms with Crippen molar-refractivity contribution in [2.24, 2.45) is 0 Å². The van der Waals surface area contributed by atoms with Gasteiger partial charge in [-0.05, 0) is 20.8 Å². The molecule has 0 unspecified atom stereocenters. The van der Waals surface area contributed by atoms with E-state index in [1.165, 1.54) is 11.1 Å². The quantitative estimate of drug-likeness (QED) is 0.509. The number of hydrogen-bond donors (Lipinski definition) is 2. The number of rotatable bonds is 3. The van der Waals surface area contributed by atoms with Crippen LogP contribution in [0.4, 0.5) is 32.8 Å². The minimum Gasteiger partial charge on any atom is -0.447 e. The van der Waals surface area contributed by atoms with E-state index in [0.717, 1.165) is 6.20 Å². The van der Waals surface area contributed by atoms with Crippen LogP contribution in [-0.4, -0.2) is 72.3 Å². The summed E-state index contributed by atoms with van der Waals surface area (Å²) in [4.78, 5) is 29.0. The first kappa shape index (κ1) is 26.0. The zero-order valence-corrected chi connectivity index (χ0v) is 18.2. The summed E-state index contributed by atoms with van der Waals surface area (Å²) in [6.45, 7) is 2.63. The second kappa shape index (κ2) is 10.6. The Kier molecular flexibility index (Phi) is 8.32. The van der Waals surface area contributed by atoms with Crippen LogP contribution in [0.3, 0.4) is 0 Å². The largest absolute Gasteiger partial charge is 0.447 e. The normalized spacial score (nSPS) is 18.7. The number of carbonyl (C=O) groups is 2. The molecule has 3 N–H and O–H groups in total. The molecule has 2 atom stereocenters. The maximum atomic E-state index is 13.9. The van der Waals surface area contributed by atoms with E-state index in [1.54, 1.807) is 26.1 Å². The van der Waals surface area contributed by atoms with Crippen molar-refractivity contribution >= 4 is 17.9 Å². The van der Waals surface area contributed by atoms with Gasteiger partial charge in [-0.15, -0.1) is 0 Å². The number of alkyl carbamates (subject to hydrolysis) is 1. The average Bonchev–Trinajstić information content (AvgIpc) is 2.69. The molecule has 0 aromatic carbocycles. The molecule has 0 radical (unpaired) electrons. The van der Waals surface area contributed by atoms with Crippen LogP contribution in [0.2, 0.25) is 0 Å². The molecule has 0 bridgehead atoms. The highest BCUT2D eigenvalue weighted by Gasteiger charge is 2.36. The molecule has 1 aliphatic rings. The van der Waals surface area contributed by atoms with Crippen molar-refractivity contribution in [2.45, 2.75) is 44.7 Å². The number of amides is 2. The molecular formula is C20H24F4N4O5. The van der Waals surface area contributed by atoms with Crippen LogP contribution in [0.1, 0.15) is 26.3 Å². The lowest BCUT2D eigenvalue weighted by atomic mass is 10.1. The van der Waals surface area contributed by atoms with E-state index in [9.17, 15) is 27.2 Å². The molecule has 13 heteroatoms. The van der Waals surface area contributed by atoms with E-state index >= 15 is 0 Å². The van der Waals surface area contributed by atoms with Crippen LogP contribution in [0.25, 0.3) is 0 Å². The number of halogens is 4. The van der Waals surface area contributed by atoms with Crippen LogP contribution >= 0.6 is 0 Å². The number of morpholine rings is 1. The standard InChI is InChI=1S/C20H24F4N4O5/c1-19(2,3)33-18(30)28-8-13(4-5-14-15(21)6-26-7-16(14)25)31-9-12(28)10-32-17(29)27-11-20(22,23)24/h6-7,12-13H,8-11,25H2,1-3H3,(H,27,29)/t12-,13+/m0/s1. The fraction of sp³-hybridized carbons (Fsp3) is 0.550. The lowest BCUT2D eigenvalue weighted by Gasteiger charge is -2.38. The molecule has 0 aliphatic carbocycles. The number of alkyl halides is 3. The van der Waals surface area contributed by atoms with Crippen molar-refractivity contribution in [1.82, 2.24) is 15.2 Å². The molecule has 1 saturated heterocycles. The maximum absolute atomic E-state index is 13.9. The Labute approximate surface area is 187 Å². The number of nitrogens with two attached hydrogens (primary N) is 1. The summed E-state index contributed by atoms with van der Waals surface area (Å²) in [6.07, 6.45) is -5.34. The molecule has 33 heavy (non-hydrogen) atoms. The lowest BCUT2D eigenvalue weighted by molar-refractivity contribution is -0.124. The van der Waals surface area contributed by atoms with E-state index in [2.05, 4.69) is 16.8 Å². The fourth-order valence-corrected chi connectivity index (χ4v) is 2.60. The molecular weight excluding hydrogens is 452 g/mol. The molecule has 2 heterocycles. The van der Waals surface area contributed by atoms with Crippen molar-refractivity contribution < 1.29 is 41.4 Å². The molecule has 1 aromatic heterocycles. The zero-order valence-electron chi connectivity index (χ0n) is 18.2. The smallest absolute Gasteiger partial charge is 0.410 e. The van der Waals surface area contributed by atoms with Gasteiger partial charge in [-0.3, -0.25) is 9.88 Å². The van der Waals surface area contributed by atoms with Gasteiger partial charge >= 0.3 is 18.4 Å². The lowest BCUT2D eigenvalue weighted by Crippen LogP contribution is -2.55. The third kappa shape index (κ3) is 8.64. The number of nitrogens with one attached hydrogen (secondary N) is 1. The SMILES string of the molecule is CC(C)(C)OC(=O)N1C[C@@H](C#Cc2c(N)cncc2F)OC[C@H]1COC(=O)NCC(F)(F)F. The highest BCUT2D eigenvalue weighted by molar-refractivity contribution is 5.69. The number of hydrogen-bond acceptors (Lipinski definition) is 7. The van der Waals surface area contributed by atoms with E-state index in [4.69, 9.17) is 19.9 Å². The van der Waals surface area contributed by atoms with E-state index in [1.807, 2.05) is 0 Å². The minimum atomic E-state index is -4.60. The Morgan fingerprint density at radius 1 is 1.33 bits per heavy atom. The summed E-state index contributed by atoms with van der Waals surface area (Å²) in [5.41, 5.74) is 4.77. The topological polar surface area (TPSA) is 116 Å². The number of nitrogen functional groups attached to an aromatic ring is 1. The Hall–Kier alpha value is -3.27. The summed E-state index contributed by atoms with van der Waals surface area (Å²) < 4.78 is 66.2. The minimum absolute atomic E-state index is 0.0263. The first-order valence-corrected chi connectivity index (χ1v) is 9.74. The van der Waals surface area contributed by atoms with Gasteiger partial charge < -0.3 is 25.3 Å². The van der Waals surface area contributed by atoms with Crippen molar-refractivity contribution in [3.8, 4) is 11.8 Å². The van der Waals surface area contributed by atoms with Crippen LogP contribution in [0, 0.1) is 17.7 Å². The Morgan fingerprint density at radius 2 is 2.03 bits per heavy atom. The highest BCUT2D eigenvalue weighted by Crippen LogP contribution is 2.19. The Morgan fingerprint density at radius 3 is 2.64 bits per heavy atom. The number of ether oxygens (including phenoxy) is 3. The van der Waals surface area contributed by atoms with Crippen LogP contribution in [-0.2, 0) is 14.2 Å². The van der Waals surface area contributed by atoms with Gasteiger partial charge in [0.1, 0.15) is 24.9 Å². The van der Waals surface area contributed by atoms with Gasteiger partial charge in [0.15, 0.2) is 5.82 Å². The second-order valence-corrected chi connectivity index (χ2v) is 8.03. The van der Waals surface area contributed by atoms with Crippen LogP contribution in [0.15, 0.2) is 12.4 Å². The molecule has 1 fully saturated rings.